The third-order valence-electron chi connectivity index (χ3n) is 0.568. The maximum Gasteiger partial charge on any atom is 0.394 e. The second kappa shape index (κ2) is 6.26. The predicted octanol–water partition coefficient (Wildman–Crippen LogP) is 0.579. The highest BCUT2D eigenvalue weighted by Crippen LogP contribution is 1.92. The van der Waals surface area contributed by atoms with Crippen molar-refractivity contribution >= 4 is 16.7 Å². The van der Waals surface area contributed by atoms with E-state index in [1.807, 2.05) is 13.8 Å². The Bertz CT molecular complexity index is 173. The molecular weight excluding hydrogens is 172 g/mol. The lowest BCUT2D eigenvalue weighted by atomic mass is 10.2. The molecule has 0 aromatic carbocycles. The number of carbonyl (C=O) groups excluding carboxylic acids is 1. The van der Waals surface area contributed by atoms with Gasteiger partial charge in [-0.2, -0.15) is 8.42 Å². The highest BCUT2D eigenvalue weighted by molar-refractivity contribution is 7.79. The van der Waals surface area contributed by atoms with Gasteiger partial charge in [0.2, 0.25) is 0 Å². The van der Waals surface area contributed by atoms with Crippen LogP contribution in [0.25, 0.3) is 0 Å². The van der Waals surface area contributed by atoms with Crippen LogP contribution in [0.15, 0.2) is 0 Å². The monoisotopic (exact) mass is 184 g/mol. The van der Waals surface area contributed by atoms with Crippen LogP contribution in [-0.4, -0.2) is 23.8 Å². The Morgan fingerprint density at radius 1 is 1.36 bits per heavy atom. The van der Waals surface area contributed by atoms with Crippen molar-refractivity contribution in [2.24, 2.45) is 5.92 Å². The summed E-state index contributed by atoms with van der Waals surface area (Å²) in [5.41, 5.74) is 0. The maximum absolute atomic E-state index is 9.62. The van der Waals surface area contributed by atoms with Crippen LogP contribution in [0.4, 0.5) is 0 Å². The molecule has 0 bridgehead atoms. The molecule has 0 fully saturated rings. The van der Waals surface area contributed by atoms with Gasteiger partial charge in [0.05, 0.1) is 0 Å². The Hall–Kier alpha value is -0.460. The van der Waals surface area contributed by atoms with E-state index in [9.17, 15) is 4.79 Å². The van der Waals surface area contributed by atoms with Gasteiger partial charge in [-0.15, -0.1) is 0 Å². The van der Waals surface area contributed by atoms with Crippen LogP contribution in [0, 0.1) is 5.92 Å². The summed E-state index contributed by atoms with van der Waals surface area (Å²) in [5, 5.41) is 0. The molecule has 68 valence electrons. The van der Waals surface area contributed by atoms with Crippen LogP contribution in [0.1, 0.15) is 20.3 Å². The molecule has 0 saturated heterocycles. The summed E-state index contributed by atoms with van der Waals surface area (Å²) < 4.78 is 31.6. The molecule has 0 spiro atoms. The standard InChI is InChI=1S/C5H10O.H2O4S/c1-5(2)3-4-6;1-5(2,3)4/h4-5H,3H2,1-2H3;(H2,1,2,3,4). The van der Waals surface area contributed by atoms with Crippen molar-refractivity contribution in [1.29, 1.82) is 0 Å². The first-order valence-corrected chi connectivity index (χ1v) is 4.30. The first kappa shape index (κ1) is 13.2. The van der Waals surface area contributed by atoms with Crippen LogP contribution < -0.4 is 0 Å². The molecule has 0 unspecified atom stereocenters. The zero-order chi connectivity index (χ0) is 9.49. The molecule has 0 aliphatic rings. The second-order valence-corrected chi connectivity index (χ2v) is 3.14. The van der Waals surface area contributed by atoms with Crippen LogP contribution in [0.2, 0.25) is 0 Å². The number of rotatable bonds is 2. The van der Waals surface area contributed by atoms with E-state index >= 15 is 0 Å². The predicted molar refractivity (Wildman–Crippen MR) is 39.7 cm³/mol. The smallest absolute Gasteiger partial charge is 0.303 e. The minimum Gasteiger partial charge on any atom is -0.303 e. The normalized spacial score (nSPS) is 10.3. The van der Waals surface area contributed by atoms with Gasteiger partial charge in [-0.25, -0.2) is 0 Å². The van der Waals surface area contributed by atoms with E-state index in [1.165, 1.54) is 0 Å². The summed E-state index contributed by atoms with van der Waals surface area (Å²) in [7, 11) is -4.67. The Labute approximate surface area is 66.0 Å². The van der Waals surface area contributed by atoms with E-state index in [-0.39, 0.29) is 0 Å². The van der Waals surface area contributed by atoms with Gasteiger partial charge in [0, 0.05) is 6.42 Å². The average Bonchev–Trinajstić information content (AvgIpc) is 1.58. The summed E-state index contributed by atoms with van der Waals surface area (Å²) in [6, 6.07) is 0. The van der Waals surface area contributed by atoms with Gasteiger partial charge in [0.25, 0.3) is 0 Å². The quantitative estimate of drug-likeness (QED) is 0.483. The lowest BCUT2D eigenvalue weighted by Crippen LogP contribution is -1.89. The highest BCUT2D eigenvalue weighted by Gasteiger charge is 1.86. The molecule has 0 aliphatic heterocycles. The number of hydrogen-bond acceptors (Lipinski definition) is 3. The molecule has 0 rings (SSSR count). The Morgan fingerprint density at radius 2 is 1.64 bits per heavy atom. The second-order valence-electron chi connectivity index (χ2n) is 2.24. The largest absolute Gasteiger partial charge is 0.394 e. The molecule has 0 atom stereocenters. The molecule has 11 heavy (non-hydrogen) atoms. The van der Waals surface area contributed by atoms with E-state index in [2.05, 4.69) is 0 Å². The average molecular weight is 184 g/mol. The van der Waals surface area contributed by atoms with Crippen molar-refractivity contribution in [3.63, 3.8) is 0 Å². The van der Waals surface area contributed by atoms with Crippen molar-refractivity contribution in [1.82, 2.24) is 0 Å². The fourth-order valence-corrected chi connectivity index (χ4v) is 0.192. The summed E-state index contributed by atoms with van der Waals surface area (Å²) >= 11 is 0. The summed E-state index contributed by atoms with van der Waals surface area (Å²) in [5.74, 6) is 0.530. The van der Waals surface area contributed by atoms with E-state index < -0.39 is 10.4 Å². The molecule has 5 nitrogen and oxygen atoms in total. The zero-order valence-electron chi connectivity index (χ0n) is 6.39. The van der Waals surface area contributed by atoms with Crippen LogP contribution in [0.5, 0.6) is 0 Å². The summed E-state index contributed by atoms with van der Waals surface area (Å²) in [6.45, 7) is 4.04. The van der Waals surface area contributed by atoms with Gasteiger partial charge in [-0.05, 0) is 5.92 Å². The number of aldehydes is 1. The molecule has 0 aromatic heterocycles. The van der Waals surface area contributed by atoms with E-state index in [1.54, 1.807) is 0 Å². The first-order valence-electron chi connectivity index (χ1n) is 2.91. The van der Waals surface area contributed by atoms with Gasteiger partial charge in [-0.1, -0.05) is 13.8 Å². The number of carbonyl (C=O) groups is 1. The Balaban J connectivity index is 0. The SMILES string of the molecule is CC(C)CC=O.O=S(=O)(O)O. The Kier molecular flexibility index (Phi) is 7.49. The third kappa shape index (κ3) is 84.1. The van der Waals surface area contributed by atoms with E-state index in [4.69, 9.17) is 17.5 Å². The van der Waals surface area contributed by atoms with Crippen molar-refractivity contribution in [3.05, 3.63) is 0 Å². The fourth-order valence-electron chi connectivity index (χ4n) is 0.192. The van der Waals surface area contributed by atoms with Crippen LogP contribution >= 0.6 is 0 Å². The van der Waals surface area contributed by atoms with Crippen molar-refractivity contribution in [3.8, 4) is 0 Å². The van der Waals surface area contributed by atoms with Gasteiger partial charge in [-0.3, -0.25) is 9.11 Å². The fraction of sp³-hybridized carbons (Fsp3) is 0.800. The van der Waals surface area contributed by atoms with Crippen LogP contribution in [0.3, 0.4) is 0 Å². The van der Waals surface area contributed by atoms with Crippen molar-refractivity contribution in [2.75, 3.05) is 0 Å². The lowest BCUT2D eigenvalue weighted by Gasteiger charge is -1.89. The van der Waals surface area contributed by atoms with Crippen molar-refractivity contribution < 1.29 is 22.3 Å². The molecule has 0 amide bonds. The minimum absolute atomic E-state index is 0.530. The lowest BCUT2D eigenvalue weighted by molar-refractivity contribution is -0.108. The summed E-state index contributed by atoms with van der Waals surface area (Å²) in [6.07, 6.45) is 1.64. The molecule has 0 saturated carbocycles. The van der Waals surface area contributed by atoms with Gasteiger partial charge in [0.1, 0.15) is 6.29 Å². The van der Waals surface area contributed by atoms with Crippen molar-refractivity contribution in [2.45, 2.75) is 20.3 Å². The summed E-state index contributed by atoms with van der Waals surface area (Å²) in [4.78, 5) is 9.62. The van der Waals surface area contributed by atoms with Crippen LogP contribution in [-0.2, 0) is 15.2 Å². The number of hydrogen-bond donors (Lipinski definition) is 2. The topological polar surface area (TPSA) is 91.7 Å². The molecule has 0 heterocycles. The molecule has 6 heteroatoms. The highest BCUT2D eigenvalue weighted by atomic mass is 32.3. The molecular formula is C5H12O5S. The van der Waals surface area contributed by atoms with Gasteiger partial charge < -0.3 is 4.79 Å². The molecule has 0 aliphatic carbocycles. The molecule has 0 aromatic rings. The third-order valence-corrected chi connectivity index (χ3v) is 0.568. The maximum atomic E-state index is 9.62. The van der Waals surface area contributed by atoms with Gasteiger partial charge in [0.15, 0.2) is 0 Å². The molecule has 0 radical (unpaired) electrons. The van der Waals surface area contributed by atoms with E-state index in [0.29, 0.717) is 12.3 Å². The van der Waals surface area contributed by atoms with Gasteiger partial charge >= 0.3 is 10.4 Å². The Morgan fingerprint density at radius 3 is 1.64 bits per heavy atom. The zero-order valence-corrected chi connectivity index (χ0v) is 7.21. The molecule has 2 N–H and O–H groups in total. The first-order chi connectivity index (χ1) is 4.77. The van der Waals surface area contributed by atoms with E-state index in [0.717, 1.165) is 6.29 Å². The minimum atomic E-state index is -4.67.